The number of rotatable bonds is 4. The molecule has 0 spiro atoms. The Labute approximate surface area is 144 Å². The van der Waals surface area contributed by atoms with Gasteiger partial charge < -0.3 is 14.7 Å². The van der Waals surface area contributed by atoms with Crippen molar-refractivity contribution in [3.63, 3.8) is 0 Å². The summed E-state index contributed by atoms with van der Waals surface area (Å²) < 4.78 is 18.4. The first-order valence-electron chi connectivity index (χ1n) is 7.98. The quantitative estimate of drug-likeness (QED) is 0.925. The minimum Gasteiger partial charge on any atom is -0.481 e. The summed E-state index contributed by atoms with van der Waals surface area (Å²) in [4.78, 5) is 25.2. The number of halogens is 1. The van der Waals surface area contributed by atoms with Gasteiger partial charge in [-0.05, 0) is 23.3 Å². The average molecular weight is 343 g/mol. The van der Waals surface area contributed by atoms with Crippen LogP contribution < -0.4 is 0 Å². The molecule has 1 aliphatic rings. The van der Waals surface area contributed by atoms with Gasteiger partial charge in [0.2, 0.25) is 0 Å². The van der Waals surface area contributed by atoms with Crippen molar-refractivity contribution in [1.29, 1.82) is 0 Å². The number of aliphatic carboxylic acids is 1. The lowest BCUT2D eigenvalue weighted by Gasteiger charge is -2.16. The minimum absolute atomic E-state index is 0.0744. The Kier molecular flexibility index (Phi) is 4.97. The number of carboxylic acid groups (broad SMARTS) is 1. The Balaban J connectivity index is 1.68. The van der Waals surface area contributed by atoms with Gasteiger partial charge in [-0.2, -0.15) is 0 Å². The van der Waals surface area contributed by atoms with Crippen molar-refractivity contribution in [1.82, 2.24) is 4.90 Å². The highest BCUT2D eigenvalue weighted by Gasteiger charge is 2.41. The van der Waals surface area contributed by atoms with E-state index in [4.69, 9.17) is 4.74 Å². The normalized spacial score (nSPS) is 19.6. The van der Waals surface area contributed by atoms with Crippen LogP contribution in [0.2, 0.25) is 0 Å². The van der Waals surface area contributed by atoms with E-state index in [1.807, 2.05) is 30.3 Å². The summed E-state index contributed by atoms with van der Waals surface area (Å²) in [5.41, 5.74) is 1.56. The molecular formula is C19H18FNO4. The van der Waals surface area contributed by atoms with Gasteiger partial charge in [-0.3, -0.25) is 4.79 Å². The van der Waals surface area contributed by atoms with Gasteiger partial charge in [0.15, 0.2) is 0 Å². The SMILES string of the molecule is O=C(O)[C@@H]1CN(C(=O)OCc2ccccc2)C[C@H]1c1ccc(F)cc1. The molecule has 1 amide bonds. The predicted molar refractivity (Wildman–Crippen MR) is 88.5 cm³/mol. The summed E-state index contributed by atoms with van der Waals surface area (Å²) in [5.74, 6) is -2.49. The molecule has 0 radical (unpaired) electrons. The van der Waals surface area contributed by atoms with Gasteiger partial charge >= 0.3 is 12.1 Å². The Morgan fingerprint density at radius 2 is 1.76 bits per heavy atom. The molecule has 1 heterocycles. The standard InChI is InChI=1S/C19H18FNO4/c20-15-8-6-14(7-9-15)16-10-21(11-17(16)18(22)23)19(24)25-12-13-4-2-1-3-5-13/h1-9,16-17H,10-12H2,(H,22,23)/t16-,17+/m0/s1. The molecule has 0 bridgehead atoms. The monoisotopic (exact) mass is 343 g/mol. The van der Waals surface area contributed by atoms with Gasteiger partial charge in [0.25, 0.3) is 0 Å². The lowest BCUT2D eigenvalue weighted by Crippen LogP contribution is -2.30. The molecule has 2 aromatic rings. The van der Waals surface area contributed by atoms with Crippen LogP contribution in [0.4, 0.5) is 9.18 Å². The number of hydrogen-bond donors (Lipinski definition) is 1. The molecule has 2 aromatic carbocycles. The summed E-state index contributed by atoms with van der Waals surface area (Å²) in [6, 6.07) is 15.0. The number of ether oxygens (including phenoxy) is 1. The lowest BCUT2D eigenvalue weighted by molar-refractivity contribution is -0.141. The van der Waals surface area contributed by atoms with E-state index in [1.165, 1.54) is 17.0 Å². The summed E-state index contributed by atoms with van der Waals surface area (Å²) in [5, 5.41) is 9.45. The molecule has 0 aromatic heterocycles. The molecule has 130 valence electrons. The number of nitrogens with zero attached hydrogens (tertiary/aromatic N) is 1. The van der Waals surface area contributed by atoms with Crippen molar-refractivity contribution in [2.75, 3.05) is 13.1 Å². The van der Waals surface area contributed by atoms with Gasteiger partial charge in [0, 0.05) is 19.0 Å². The fraction of sp³-hybridized carbons (Fsp3) is 0.263. The second-order valence-corrected chi connectivity index (χ2v) is 6.05. The molecule has 2 atom stereocenters. The topological polar surface area (TPSA) is 66.8 Å². The van der Waals surface area contributed by atoms with Crippen molar-refractivity contribution in [2.45, 2.75) is 12.5 Å². The maximum absolute atomic E-state index is 13.1. The molecule has 1 N–H and O–H groups in total. The summed E-state index contributed by atoms with van der Waals surface area (Å²) in [7, 11) is 0. The Morgan fingerprint density at radius 1 is 1.08 bits per heavy atom. The van der Waals surface area contributed by atoms with E-state index in [2.05, 4.69) is 0 Å². The molecule has 5 nitrogen and oxygen atoms in total. The maximum atomic E-state index is 13.1. The van der Waals surface area contributed by atoms with Crippen molar-refractivity contribution in [3.8, 4) is 0 Å². The Hall–Kier alpha value is -2.89. The third kappa shape index (κ3) is 3.96. The molecule has 1 fully saturated rings. The average Bonchev–Trinajstić information content (AvgIpc) is 3.07. The molecule has 0 unspecified atom stereocenters. The van der Waals surface area contributed by atoms with E-state index in [-0.39, 0.29) is 31.4 Å². The van der Waals surface area contributed by atoms with Crippen LogP contribution >= 0.6 is 0 Å². The third-order valence-electron chi connectivity index (χ3n) is 4.40. The summed E-state index contributed by atoms with van der Waals surface area (Å²) >= 11 is 0. The molecule has 0 aliphatic carbocycles. The maximum Gasteiger partial charge on any atom is 0.410 e. The van der Waals surface area contributed by atoms with Crippen molar-refractivity contribution < 1.29 is 23.8 Å². The van der Waals surface area contributed by atoms with E-state index in [1.54, 1.807) is 12.1 Å². The van der Waals surface area contributed by atoms with E-state index >= 15 is 0 Å². The molecule has 25 heavy (non-hydrogen) atoms. The predicted octanol–water partition coefficient (Wildman–Crippen LogP) is 3.26. The molecular weight excluding hydrogens is 325 g/mol. The fourth-order valence-corrected chi connectivity index (χ4v) is 3.06. The van der Waals surface area contributed by atoms with Gasteiger partial charge in [0.1, 0.15) is 12.4 Å². The third-order valence-corrected chi connectivity index (χ3v) is 4.40. The van der Waals surface area contributed by atoms with Crippen LogP contribution in [0.25, 0.3) is 0 Å². The van der Waals surface area contributed by atoms with Crippen molar-refractivity contribution in [3.05, 3.63) is 71.5 Å². The van der Waals surface area contributed by atoms with Crippen LogP contribution in [0, 0.1) is 11.7 Å². The molecule has 0 saturated carbocycles. The molecule has 1 aliphatic heterocycles. The highest BCUT2D eigenvalue weighted by Crippen LogP contribution is 2.33. The largest absolute Gasteiger partial charge is 0.481 e. The number of carboxylic acids is 1. The number of hydrogen-bond acceptors (Lipinski definition) is 3. The van der Waals surface area contributed by atoms with Crippen LogP contribution in [0.15, 0.2) is 54.6 Å². The van der Waals surface area contributed by atoms with Gasteiger partial charge in [-0.15, -0.1) is 0 Å². The number of carbonyl (C=O) groups is 2. The van der Waals surface area contributed by atoms with Crippen LogP contribution in [0.3, 0.4) is 0 Å². The summed E-state index contributed by atoms with van der Waals surface area (Å²) in [6.45, 7) is 0.441. The van der Waals surface area contributed by atoms with E-state index in [9.17, 15) is 19.1 Å². The van der Waals surface area contributed by atoms with Crippen LogP contribution in [0.1, 0.15) is 17.0 Å². The number of benzene rings is 2. The lowest BCUT2D eigenvalue weighted by atomic mass is 9.89. The summed E-state index contributed by atoms with van der Waals surface area (Å²) in [6.07, 6.45) is -0.542. The number of amides is 1. The zero-order valence-electron chi connectivity index (χ0n) is 13.5. The first-order valence-corrected chi connectivity index (χ1v) is 7.98. The first kappa shape index (κ1) is 17.0. The van der Waals surface area contributed by atoms with E-state index < -0.39 is 18.0 Å². The van der Waals surface area contributed by atoms with E-state index in [0.29, 0.717) is 5.56 Å². The van der Waals surface area contributed by atoms with Gasteiger partial charge in [-0.1, -0.05) is 42.5 Å². The molecule has 3 rings (SSSR count). The molecule has 1 saturated heterocycles. The van der Waals surface area contributed by atoms with Crippen LogP contribution in [0.5, 0.6) is 0 Å². The highest BCUT2D eigenvalue weighted by molar-refractivity contribution is 5.75. The second kappa shape index (κ2) is 7.34. The zero-order valence-corrected chi connectivity index (χ0v) is 13.5. The highest BCUT2D eigenvalue weighted by atomic mass is 19.1. The van der Waals surface area contributed by atoms with Gasteiger partial charge in [-0.25, -0.2) is 9.18 Å². The van der Waals surface area contributed by atoms with Crippen LogP contribution in [-0.2, 0) is 16.1 Å². The van der Waals surface area contributed by atoms with Crippen molar-refractivity contribution >= 4 is 12.1 Å². The zero-order chi connectivity index (χ0) is 17.8. The second-order valence-electron chi connectivity index (χ2n) is 6.05. The molecule has 6 heteroatoms. The van der Waals surface area contributed by atoms with Crippen molar-refractivity contribution in [2.24, 2.45) is 5.92 Å². The van der Waals surface area contributed by atoms with Gasteiger partial charge in [0.05, 0.1) is 5.92 Å². The first-order chi connectivity index (χ1) is 12.0. The minimum atomic E-state index is -0.979. The Morgan fingerprint density at radius 3 is 2.40 bits per heavy atom. The fourth-order valence-electron chi connectivity index (χ4n) is 3.06. The van der Waals surface area contributed by atoms with Crippen LogP contribution in [-0.4, -0.2) is 35.2 Å². The Bertz CT molecular complexity index is 748. The number of carbonyl (C=O) groups excluding carboxylic acids is 1. The van der Waals surface area contributed by atoms with E-state index in [0.717, 1.165) is 5.56 Å². The smallest absolute Gasteiger partial charge is 0.410 e. The number of likely N-dealkylation sites (tertiary alicyclic amines) is 1.